The van der Waals surface area contributed by atoms with Gasteiger partial charge in [0.25, 0.3) is 5.91 Å². The van der Waals surface area contributed by atoms with Crippen LogP contribution in [-0.4, -0.2) is 34.6 Å². The molecule has 4 aromatic rings. The van der Waals surface area contributed by atoms with Crippen molar-refractivity contribution in [3.8, 4) is 17.0 Å². The number of rotatable bonds is 6. The van der Waals surface area contributed by atoms with Crippen LogP contribution in [0.3, 0.4) is 0 Å². The molecular formula is C26H25N3O3. The van der Waals surface area contributed by atoms with E-state index in [2.05, 4.69) is 5.32 Å². The summed E-state index contributed by atoms with van der Waals surface area (Å²) < 4.78 is 13.3. The Balaban J connectivity index is 1.39. The zero-order valence-corrected chi connectivity index (χ0v) is 18.0. The van der Waals surface area contributed by atoms with E-state index in [1.807, 2.05) is 72.1 Å². The molecule has 2 aromatic carbocycles. The van der Waals surface area contributed by atoms with Gasteiger partial charge >= 0.3 is 0 Å². The lowest BCUT2D eigenvalue weighted by molar-refractivity contribution is 0.0679. The lowest BCUT2D eigenvalue weighted by Gasteiger charge is -2.12. The molecule has 1 aliphatic rings. The number of aromatic nitrogens is 2. The van der Waals surface area contributed by atoms with Crippen LogP contribution in [0.15, 0.2) is 72.9 Å². The number of pyridine rings is 1. The third kappa shape index (κ3) is 4.09. The second-order valence-electron chi connectivity index (χ2n) is 7.98. The number of fused-ring (bicyclic) bond motifs is 1. The normalized spacial score (nSPS) is 15.7. The molecule has 162 valence electrons. The van der Waals surface area contributed by atoms with Gasteiger partial charge < -0.3 is 14.8 Å². The van der Waals surface area contributed by atoms with Crippen LogP contribution in [0, 0.1) is 6.92 Å². The average molecular weight is 428 g/mol. The van der Waals surface area contributed by atoms with Gasteiger partial charge in [0.2, 0.25) is 0 Å². The van der Waals surface area contributed by atoms with Crippen LogP contribution >= 0.6 is 0 Å². The van der Waals surface area contributed by atoms with Gasteiger partial charge in [-0.25, -0.2) is 4.98 Å². The minimum atomic E-state index is -0.198. The molecule has 3 heterocycles. The summed E-state index contributed by atoms with van der Waals surface area (Å²) >= 11 is 0. The van der Waals surface area contributed by atoms with E-state index in [1.165, 1.54) is 0 Å². The Morgan fingerprint density at radius 1 is 1.12 bits per heavy atom. The maximum Gasteiger partial charge on any atom is 0.256 e. The highest BCUT2D eigenvalue weighted by Crippen LogP contribution is 2.30. The summed E-state index contributed by atoms with van der Waals surface area (Å²) in [5.74, 6) is 1.18. The molecule has 5 rings (SSSR count). The van der Waals surface area contributed by atoms with Gasteiger partial charge in [-0.3, -0.25) is 9.20 Å². The van der Waals surface area contributed by atoms with Crippen LogP contribution < -0.4 is 10.1 Å². The van der Waals surface area contributed by atoms with Gasteiger partial charge in [-0.1, -0.05) is 36.4 Å². The Bertz CT molecular complexity index is 1230. The van der Waals surface area contributed by atoms with Gasteiger partial charge in [-0.05, 0) is 55.7 Å². The van der Waals surface area contributed by atoms with Crippen LogP contribution in [0.1, 0.15) is 28.8 Å². The van der Waals surface area contributed by atoms with Gasteiger partial charge in [0.1, 0.15) is 29.5 Å². The smallest absolute Gasteiger partial charge is 0.256 e. The SMILES string of the molecule is Cc1cccn2c(NC(=O)c3ccc(OC[C@H]4CCCO4)cc3)c(-c3ccccc3)nc12. The number of aryl methyl sites for hydroxylation is 1. The summed E-state index contributed by atoms with van der Waals surface area (Å²) in [5.41, 5.74) is 4.10. The Labute approximate surface area is 186 Å². The Morgan fingerprint density at radius 3 is 2.69 bits per heavy atom. The van der Waals surface area contributed by atoms with Crippen LogP contribution in [0.25, 0.3) is 16.9 Å². The van der Waals surface area contributed by atoms with Crippen molar-refractivity contribution in [1.82, 2.24) is 9.38 Å². The molecular weight excluding hydrogens is 402 g/mol. The molecule has 0 spiro atoms. The molecule has 6 nitrogen and oxygen atoms in total. The van der Waals surface area contributed by atoms with Gasteiger partial charge in [0, 0.05) is 23.9 Å². The van der Waals surface area contributed by atoms with E-state index in [0.717, 1.165) is 47.7 Å². The fourth-order valence-corrected chi connectivity index (χ4v) is 3.97. The molecule has 1 fully saturated rings. The highest BCUT2D eigenvalue weighted by molar-refractivity contribution is 6.05. The minimum Gasteiger partial charge on any atom is -0.491 e. The summed E-state index contributed by atoms with van der Waals surface area (Å²) in [6.45, 7) is 3.35. The molecule has 1 N–H and O–H groups in total. The first-order chi connectivity index (χ1) is 15.7. The number of carbonyl (C=O) groups is 1. The third-order valence-electron chi connectivity index (χ3n) is 5.70. The molecule has 0 unspecified atom stereocenters. The van der Waals surface area contributed by atoms with E-state index in [9.17, 15) is 4.79 Å². The molecule has 1 amide bonds. The van der Waals surface area contributed by atoms with Crippen molar-refractivity contribution < 1.29 is 14.3 Å². The fourth-order valence-electron chi connectivity index (χ4n) is 3.97. The van der Waals surface area contributed by atoms with E-state index >= 15 is 0 Å². The maximum absolute atomic E-state index is 13.1. The van der Waals surface area contributed by atoms with Crippen LogP contribution in [0.4, 0.5) is 5.82 Å². The standard InChI is InChI=1S/C26H25N3O3/c1-18-7-5-15-29-24(18)27-23(19-8-3-2-4-9-19)25(29)28-26(30)20-11-13-21(14-12-20)32-17-22-10-6-16-31-22/h2-5,7-9,11-15,22H,6,10,16-17H2,1H3,(H,28,30)/t22-/m1/s1. The number of imidazole rings is 1. The van der Waals surface area contributed by atoms with Crippen molar-refractivity contribution in [2.75, 3.05) is 18.5 Å². The van der Waals surface area contributed by atoms with Gasteiger partial charge in [-0.2, -0.15) is 0 Å². The number of nitrogens with zero attached hydrogens (tertiary/aromatic N) is 2. The van der Waals surface area contributed by atoms with E-state index in [0.29, 0.717) is 18.0 Å². The Morgan fingerprint density at radius 2 is 1.94 bits per heavy atom. The first kappa shape index (κ1) is 20.3. The quantitative estimate of drug-likeness (QED) is 0.464. The number of carbonyl (C=O) groups excluding carboxylic acids is 1. The van der Waals surface area contributed by atoms with Crippen molar-refractivity contribution in [1.29, 1.82) is 0 Å². The summed E-state index contributed by atoms with van der Waals surface area (Å²) in [6.07, 6.45) is 4.19. The number of amides is 1. The number of hydrogen-bond donors (Lipinski definition) is 1. The molecule has 2 aromatic heterocycles. The first-order valence-electron chi connectivity index (χ1n) is 10.9. The highest BCUT2D eigenvalue weighted by Gasteiger charge is 2.19. The number of ether oxygens (including phenoxy) is 2. The molecule has 1 saturated heterocycles. The second kappa shape index (κ2) is 8.85. The summed E-state index contributed by atoms with van der Waals surface area (Å²) in [5, 5.41) is 3.07. The van der Waals surface area contributed by atoms with Crippen LogP contribution in [0.5, 0.6) is 5.75 Å². The number of benzene rings is 2. The third-order valence-corrected chi connectivity index (χ3v) is 5.70. The van der Waals surface area contributed by atoms with E-state index in [1.54, 1.807) is 12.1 Å². The van der Waals surface area contributed by atoms with E-state index in [4.69, 9.17) is 14.5 Å². The zero-order valence-electron chi connectivity index (χ0n) is 18.0. The molecule has 0 aliphatic carbocycles. The fraction of sp³-hybridized carbons (Fsp3) is 0.231. The summed E-state index contributed by atoms with van der Waals surface area (Å²) in [7, 11) is 0. The molecule has 0 saturated carbocycles. The van der Waals surface area contributed by atoms with Gasteiger partial charge in [-0.15, -0.1) is 0 Å². The predicted molar refractivity (Wildman–Crippen MR) is 124 cm³/mol. The van der Waals surface area contributed by atoms with Gasteiger partial charge in [0.15, 0.2) is 0 Å². The van der Waals surface area contributed by atoms with E-state index in [-0.39, 0.29) is 12.0 Å². The van der Waals surface area contributed by atoms with Crippen molar-refractivity contribution in [2.24, 2.45) is 0 Å². The van der Waals surface area contributed by atoms with Crippen LogP contribution in [-0.2, 0) is 4.74 Å². The number of nitrogens with one attached hydrogen (secondary N) is 1. The predicted octanol–water partition coefficient (Wildman–Crippen LogP) is 5.12. The molecule has 1 atom stereocenters. The van der Waals surface area contributed by atoms with Crippen molar-refractivity contribution >= 4 is 17.4 Å². The highest BCUT2D eigenvalue weighted by atomic mass is 16.5. The van der Waals surface area contributed by atoms with E-state index < -0.39 is 0 Å². The maximum atomic E-state index is 13.1. The van der Waals surface area contributed by atoms with Crippen molar-refractivity contribution in [3.05, 3.63) is 84.1 Å². The zero-order chi connectivity index (χ0) is 21.9. The van der Waals surface area contributed by atoms with Crippen molar-refractivity contribution in [3.63, 3.8) is 0 Å². The lowest BCUT2D eigenvalue weighted by Crippen LogP contribution is -2.16. The van der Waals surface area contributed by atoms with Gasteiger partial charge in [0.05, 0.1) is 6.10 Å². The summed E-state index contributed by atoms with van der Waals surface area (Å²) in [6, 6.07) is 21.0. The molecule has 1 aliphatic heterocycles. The topological polar surface area (TPSA) is 64.9 Å². The minimum absolute atomic E-state index is 0.160. The largest absolute Gasteiger partial charge is 0.491 e. The number of hydrogen-bond acceptors (Lipinski definition) is 4. The summed E-state index contributed by atoms with van der Waals surface area (Å²) in [4.78, 5) is 17.9. The number of anilines is 1. The second-order valence-corrected chi connectivity index (χ2v) is 7.98. The Kier molecular flexibility index (Phi) is 5.60. The van der Waals surface area contributed by atoms with Crippen LogP contribution in [0.2, 0.25) is 0 Å². The first-order valence-corrected chi connectivity index (χ1v) is 10.9. The van der Waals surface area contributed by atoms with Crippen molar-refractivity contribution in [2.45, 2.75) is 25.9 Å². The Hall–Kier alpha value is -3.64. The molecule has 32 heavy (non-hydrogen) atoms. The average Bonchev–Trinajstić information content (AvgIpc) is 3.48. The molecule has 0 radical (unpaired) electrons. The lowest BCUT2D eigenvalue weighted by atomic mass is 10.1. The monoisotopic (exact) mass is 427 g/mol. The molecule has 6 heteroatoms. The molecule has 0 bridgehead atoms.